The maximum Gasteiger partial charge on any atom is 0.331 e. The molecule has 1 aliphatic carbocycles. The molecule has 1 aliphatic heterocycles. The first-order valence-corrected chi connectivity index (χ1v) is 7.36. The van der Waals surface area contributed by atoms with Crippen molar-refractivity contribution < 1.29 is 24.2 Å². The van der Waals surface area contributed by atoms with E-state index >= 15 is 0 Å². The molecule has 1 saturated heterocycles. The highest BCUT2D eigenvalue weighted by Gasteiger charge is 2.45. The Balaban J connectivity index is 1.95. The van der Waals surface area contributed by atoms with E-state index in [1.807, 2.05) is 6.92 Å². The monoisotopic (exact) mass is 285 g/mol. The van der Waals surface area contributed by atoms with Gasteiger partial charge in [0.15, 0.2) is 5.54 Å². The van der Waals surface area contributed by atoms with Gasteiger partial charge in [-0.15, -0.1) is 0 Å². The number of carbonyl (C=O) groups excluding carboxylic acids is 1. The van der Waals surface area contributed by atoms with Crippen LogP contribution in [0.5, 0.6) is 0 Å². The van der Waals surface area contributed by atoms with Crippen molar-refractivity contribution in [1.29, 1.82) is 0 Å². The Morgan fingerprint density at radius 2 is 2.15 bits per heavy atom. The third-order valence-electron chi connectivity index (χ3n) is 4.12. The van der Waals surface area contributed by atoms with Crippen LogP contribution in [0.15, 0.2) is 0 Å². The molecule has 0 bridgehead atoms. The maximum absolute atomic E-state index is 12.3. The minimum Gasteiger partial charge on any atom is -0.479 e. The van der Waals surface area contributed by atoms with Crippen LogP contribution in [0.25, 0.3) is 0 Å². The molecule has 0 radical (unpaired) electrons. The highest BCUT2D eigenvalue weighted by Crippen LogP contribution is 2.24. The number of carboxylic acids is 1. The molecule has 6 nitrogen and oxygen atoms in total. The van der Waals surface area contributed by atoms with Gasteiger partial charge in [0.1, 0.15) is 6.10 Å². The van der Waals surface area contributed by atoms with Gasteiger partial charge in [-0.05, 0) is 19.3 Å². The summed E-state index contributed by atoms with van der Waals surface area (Å²) >= 11 is 0. The summed E-state index contributed by atoms with van der Waals surface area (Å²) in [4.78, 5) is 23.7. The van der Waals surface area contributed by atoms with Crippen molar-refractivity contribution in [2.24, 2.45) is 0 Å². The molecule has 1 heterocycles. The molecule has 0 spiro atoms. The second kappa shape index (κ2) is 6.54. The van der Waals surface area contributed by atoms with E-state index in [2.05, 4.69) is 5.32 Å². The molecule has 0 aromatic rings. The van der Waals surface area contributed by atoms with E-state index in [0.717, 1.165) is 25.7 Å². The Kier molecular flexibility index (Phi) is 4.99. The average Bonchev–Trinajstić information content (AvgIpc) is 3.07. The minimum absolute atomic E-state index is 0.0218. The van der Waals surface area contributed by atoms with Crippen LogP contribution < -0.4 is 5.32 Å². The van der Waals surface area contributed by atoms with Gasteiger partial charge in [0, 0.05) is 13.0 Å². The lowest BCUT2D eigenvalue weighted by atomic mass is 9.98. The molecule has 1 saturated carbocycles. The molecule has 2 atom stereocenters. The standard InChI is InChI=1S/C14H23NO5/c1-2-11(20-10-5-3-4-6-10)12(16)15-14(13(17)18)7-8-19-9-14/h10-11H,2-9H2,1H3,(H,15,16)(H,17,18). The van der Waals surface area contributed by atoms with Gasteiger partial charge in [0.25, 0.3) is 0 Å². The maximum atomic E-state index is 12.3. The van der Waals surface area contributed by atoms with Crippen molar-refractivity contribution in [1.82, 2.24) is 5.32 Å². The predicted octanol–water partition coefficient (Wildman–Crippen LogP) is 1.08. The van der Waals surface area contributed by atoms with Gasteiger partial charge in [0.2, 0.25) is 5.91 Å². The van der Waals surface area contributed by atoms with Crippen molar-refractivity contribution >= 4 is 11.9 Å². The number of carbonyl (C=O) groups is 2. The number of hydrogen-bond acceptors (Lipinski definition) is 4. The zero-order valence-corrected chi connectivity index (χ0v) is 11.9. The average molecular weight is 285 g/mol. The summed E-state index contributed by atoms with van der Waals surface area (Å²) in [5.74, 6) is -1.38. The lowest BCUT2D eigenvalue weighted by molar-refractivity contribution is -0.151. The molecule has 2 N–H and O–H groups in total. The van der Waals surface area contributed by atoms with E-state index in [1.54, 1.807) is 0 Å². The van der Waals surface area contributed by atoms with Gasteiger partial charge in [-0.3, -0.25) is 4.79 Å². The topological polar surface area (TPSA) is 84.9 Å². The summed E-state index contributed by atoms with van der Waals surface area (Å²) in [5, 5.41) is 11.9. The van der Waals surface area contributed by atoms with Crippen LogP contribution in [0.3, 0.4) is 0 Å². The van der Waals surface area contributed by atoms with Crippen molar-refractivity contribution in [2.75, 3.05) is 13.2 Å². The summed E-state index contributed by atoms with van der Waals surface area (Å²) in [7, 11) is 0. The molecule has 1 amide bonds. The van der Waals surface area contributed by atoms with Gasteiger partial charge in [-0.1, -0.05) is 19.8 Å². The lowest BCUT2D eigenvalue weighted by Gasteiger charge is -2.27. The Labute approximate surface area is 118 Å². The van der Waals surface area contributed by atoms with Gasteiger partial charge >= 0.3 is 5.97 Å². The molecular weight excluding hydrogens is 262 g/mol. The molecule has 2 rings (SSSR count). The van der Waals surface area contributed by atoms with Crippen LogP contribution in [0.4, 0.5) is 0 Å². The number of hydrogen-bond donors (Lipinski definition) is 2. The predicted molar refractivity (Wildman–Crippen MR) is 71.4 cm³/mol. The van der Waals surface area contributed by atoms with Gasteiger partial charge in [-0.25, -0.2) is 4.79 Å². The quantitative estimate of drug-likeness (QED) is 0.763. The van der Waals surface area contributed by atoms with Crippen LogP contribution >= 0.6 is 0 Å². The molecule has 0 aromatic carbocycles. The first-order valence-electron chi connectivity index (χ1n) is 7.36. The summed E-state index contributed by atoms with van der Waals surface area (Å²) < 4.78 is 10.9. The van der Waals surface area contributed by atoms with Crippen LogP contribution in [-0.2, 0) is 19.1 Å². The second-order valence-corrected chi connectivity index (χ2v) is 5.62. The van der Waals surface area contributed by atoms with E-state index in [1.165, 1.54) is 0 Å². The number of aliphatic carboxylic acids is 1. The Morgan fingerprint density at radius 3 is 2.65 bits per heavy atom. The molecule has 20 heavy (non-hydrogen) atoms. The molecule has 6 heteroatoms. The van der Waals surface area contributed by atoms with E-state index in [-0.39, 0.29) is 18.6 Å². The van der Waals surface area contributed by atoms with Crippen molar-refractivity contribution in [3.8, 4) is 0 Å². The minimum atomic E-state index is -1.29. The van der Waals surface area contributed by atoms with Gasteiger partial charge < -0.3 is 19.9 Å². The largest absolute Gasteiger partial charge is 0.479 e. The molecular formula is C14H23NO5. The smallest absolute Gasteiger partial charge is 0.331 e. The first-order chi connectivity index (χ1) is 9.57. The number of ether oxygens (including phenoxy) is 2. The van der Waals surface area contributed by atoms with Crippen molar-refractivity contribution in [2.45, 2.75) is 63.2 Å². The van der Waals surface area contributed by atoms with E-state index in [0.29, 0.717) is 19.4 Å². The van der Waals surface area contributed by atoms with Gasteiger partial charge in [-0.2, -0.15) is 0 Å². The van der Waals surface area contributed by atoms with E-state index in [4.69, 9.17) is 9.47 Å². The van der Waals surface area contributed by atoms with Crippen LogP contribution in [-0.4, -0.2) is 47.9 Å². The molecule has 114 valence electrons. The van der Waals surface area contributed by atoms with Crippen LogP contribution in [0, 0.1) is 0 Å². The molecule has 2 unspecified atom stereocenters. The van der Waals surface area contributed by atoms with E-state index < -0.39 is 17.6 Å². The summed E-state index contributed by atoms with van der Waals surface area (Å²) in [6.45, 7) is 2.25. The first kappa shape index (κ1) is 15.3. The lowest BCUT2D eigenvalue weighted by Crippen LogP contribution is -2.57. The van der Waals surface area contributed by atoms with Crippen molar-refractivity contribution in [3.63, 3.8) is 0 Å². The van der Waals surface area contributed by atoms with Crippen molar-refractivity contribution in [3.05, 3.63) is 0 Å². The van der Waals surface area contributed by atoms with Crippen LogP contribution in [0.1, 0.15) is 45.4 Å². The SMILES string of the molecule is CCC(OC1CCCC1)C(=O)NC1(C(=O)O)CCOC1. The molecule has 0 aromatic heterocycles. The molecule has 2 fully saturated rings. The summed E-state index contributed by atoms with van der Waals surface area (Å²) in [6, 6.07) is 0. The number of rotatable bonds is 6. The molecule has 2 aliphatic rings. The fraction of sp³-hybridized carbons (Fsp3) is 0.857. The third-order valence-corrected chi connectivity index (χ3v) is 4.12. The normalized spacial score (nSPS) is 28.4. The third kappa shape index (κ3) is 3.30. The fourth-order valence-electron chi connectivity index (χ4n) is 2.80. The zero-order chi connectivity index (χ0) is 14.6. The highest BCUT2D eigenvalue weighted by molar-refractivity contribution is 5.89. The summed E-state index contributed by atoms with van der Waals surface area (Å²) in [6.07, 6.45) is 4.63. The Bertz CT molecular complexity index is 359. The second-order valence-electron chi connectivity index (χ2n) is 5.62. The summed E-state index contributed by atoms with van der Waals surface area (Å²) in [5.41, 5.74) is -1.29. The van der Waals surface area contributed by atoms with Crippen LogP contribution in [0.2, 0.25) is 0 Å². The highest BCUT2D eigenvalue weighted by atomic mass is 16.5. The number of carboxylic acid groups (broad SMARTS) is 1. The Hall–Kier alpha value is -1.14. The number of nitrogens with one attached hydrogen (secondary N) is 1. The number of amides is 1. The Morgan fingerprint density at radius 1 is 1.45 bits per heavy atom. The fourth-order valence-corrected chi connectivity index (χ4v) is 2.80. The van der Waals surface area contributed by atoms with Gasteiger partial charge in [0.05, 0.1) is 12.7 Å². The zero-order valence-electron chi connectivity index (χ0n) is 11.9. The van der Waals surface area contributed by atoms with E-state index in [9.17, 15) is 14.7 Å².